The lowest BCUT2D eigenvalue weighted by Gasteiger charge is -2.12. The maximum atomic E-state index is 11.3. The molecule has 21 heavy (non-hydrogen) atoms. The molecule has 1 atom stereocenters. The molecule has 0 heterocycles. The molecule has 0 fully saturated rings. The number of allylic oxidation sites excluding steroid dienone is 1. The molecular weight excluding hydrogens is 262 g/mol. The topological polar surface area (TPSA) is 38.3 Å². The highest BCUT2D eigenvalue weighted by molar-refractivity contribution is 5.65. The summed E-state index contributed by atoms with van der Waals surface area (Å²) in [4.78, 5) is 11.3. The van der Waals surface area contributed by atoms with Crippen molar-refractivity contribution in [3.05, 3.63) is 83.7 Å². The van der Waals surface area contributed by atoms with E-state index >= 15 is 0 Å². The third-order valence-electron chi connectivity index (χ3n) is 3.19. The largest absolute Gasteiger partial charge is 0.483 e. The summed E-state index contributed by atoms with van der Waals surface area (Å²) in [6.07, 6.45) is 2.71. The molecule has 3 heteroatoms. The van der Waals surface area contributed by atoms with Gasteiger partial charge in [-0.2, -0.15) is 0 Å². The summed E-state index contributed by atoms with van der Waals surface area (Å²) in [5.41, 5.74) is 2.10. The Bertz CT molecular complexity index is 579. The molecule has 0 spiro atoms. The summed E-state index contributed by atoms with van der Waals surface area (Å²) in [6.45, 7) is 0.654. The second-order valence-electron chi connectivity index (χ2n) is 4.65. The summed E-state index contributed by atoms with van der Waals surface area (Å²) < 4.78 is 5.32. The summed E-state index contributed by atoms with van der Waals surface area (Å²) in [6, 6.07) is 19.7. The number of carbonyl (C=O) groups is 1. The number of methoxy groups -OCH3 is 1. The third-order valence-corrected chi connectivity index (χ3v) is 3.19. The fraction of sp³-hybridized carbons (Fsp3) is 0.167. The minimum atomic E-state index is -0.315. The van der Waals surface area contributed by atoms with Gasteiger partial charge in [-0.3, -0.25) is 0 Å². The smallest absolute Gasteiger partial charge is 0.183 e. The Kier molecular flexibility index (Phi) is 5.59. The van der Waals surface area contributed by atoms with E-state index in [1.54, 1.807) is 13.2 Å². The Balaban J connectivity index is 2.06. The Labute approximate surface area is 125 Å². The SMILES string of the molecule is COC(=CC(C=O)c1ccccc1)NCc1ccccc1. The molecule has 0 saturated heterocycles. The van der Waals surface area contributed by atoms with Gasteiger partial charge >= 0.3 is 0 Å². The zero-order valence-electron chi connectivity index (χ0n) is 12.0. The van der Waals surface area contributed by atoms with E-state index in [1.165, 1.54) is 0 Å². The molecule has 2 rings (SSSR count). The molecule has 0 aromatic heterocycles. The lowest BCUT2D eigenvalue weighted by Crippen LogP contribution is -2.15. The fourth-order valence-electron chi connectivity index (χ4n) is 2.04. The number of rotatable bonds is 7. The Morgan fingerprint density at radius 2 is 1.71 bits per heavy atom. The zero-order valence-corrected chi connectivity index (χ0v) is 12.0. The molecule has 0 aliphatic heterocycles. The summed E-state index contributed by atoms with van der Waals surface area (Å²) in [5, 5.41) is 3.20. The minimum absolute atomic E-state index is 0.315. The maximum Gasteiger partial charge on any atom is 0.183 e. The molecular formula is C18H19NO2. The van der Waals surface area contributed by atoms with E-state index in [2.05, 4.69) is 5.32 Å². The number of hydrogen-bond acceptors (Lipinski definition) is 3. The molecule has 0 aliphatic carbocycles. The van der Waals surface area contributed by atoms with Gasteiger partial charge < -0.3 is 14.8 Å². The van der Waals surface area contributed by atoms with E-state index in [0.29, 0.717) is 12.4 Å². The molecule has 0 radical (unpaired) electrons. The lowest BCUT2D eigenvalue weighted by molar-refractivity contribution is -0.108. The highest BCUT2D eigenvalue weighted by Gasteiger charge is 2.09. The molecule has 2 aromatic carbocycles. The van der Waals surface area contributed by atoms with Gasteiger partial charge in [0.25, 0.3) is 0 Å². The fourth-order valence-corrected chi connectivity index (χ4v) is 2.04. The number of nitrogens with one attached hydrogen (secondary N) is 1. The average molecular weight is 281 g/mol. The Morgan fingerprint density at radius 3 is 2.29 bits per heavy atom. The first kappa shape index (κ1) is 14.9. The predicted octanol–water partition coefficient (Wildman–Crippen LogP) is 3.25. The van der Waals surface area contributed by atoms with Gasteiger partial charge in [-0.05, 0) is 17.2 Å². The first-order valence-corrected chi connectivity index (χ1v) is 6.87. The van der Waals surface area contributed by atoms with E-state index in [9.17, 15) is 4.79 Å². The summed E-state index contributed by atoms with van der Waals surface area (Å²) in [5.74, 6) is 0.282. The normalized spacial score (nSPS) is 12.5. The van der Waals surface area contributed by atoms with Gasteiger partial charge in [-0.1, -0.05) is 60.7 Å². The Morgan fingerprint density at radius 1 is 1.10 bits per heavy atom. The third kappa shape index (κ3) is 4.49. The highest BCUT2D eigenvalue weighted by atomic mass is 16.5. The van der Waals surface area contributed by atoms with Crippen LogP contribution < -0.4 is 5.32 Å². The average Bonchev–Trinajstić information content (AvgIpc) is 2.57. The molecule has 1 unspecified atom stereocenters. The standard InChI is InChI=1S/C18H19NO2/c1-21-18(19-13-15-8-4-2-5-9-15)12-17(14-20)16-10-6-3-7-11-16/h2-12,14,17,19H,13H2,1H3. The quantitative estimate of drug-likeness (QED) is 0.625. The maximum absolute atomic E-state index is 11.3. The molecule has 2 aromatic rings. The van der Waals surface area contributed by atoms with Crippen molar-refractivity contribution < 1.29 is 9.53 Å². The van der Waals surface area contributed by atoms with Crippen molar-refractivity contribution >= 4 is 6.29 Å². The Hall–Kier alpha value is -2.55. The molecule has 108 valence electrons. The van der Waals surface area contributed by atoms with E-state index in [0.717, 1.165) is 17.4 Å². The van der Waals surface area contributed by atoms with Gasteiger partial charge in [0, 0.05) is 6.54 Å². The molecule has 0 bridgehead atoms. The van der Waals surface area contributed by atoms with Gasteiger partial charge in [0.1, 0.15) is 6.29 Å². The molecule has 0 aliphatic rings. The number of hydrogen-bond donors (Lipinski definition) is 1. The molecule has 3 nitrogen and oxygen atoms in total. The van der Waals surface area contributed by atoms with Crippen LogP contribution in [0.25, 0.3) is 0 Å². The van der Waals surface area contributed by atoms with Crippen LogP contribution in [-0.4, -0.2) is 13.4 Å². The van der Waals surface area contributed by atoms with Gasteiger partial charge in [0.05, 0.1) is 13.0 Å². The van der Waals surface area contributed by atoms with Crippen molar-refractivity contribution in [3.8, 4) is 0 Å². The van der Waals surface area contributed by atoms with E-state index in [-0.39, 0.29) is 5.92 Å². The van der Waals surface area contributed by atoms with Gasteiger partial charge in [-0.15, -0.1) is 0 Å². The van der Waals surface area contributed by atoms with E-state index in [1.807, 2.05) is 60.7 Å². The second-order valence-corrected chi connectivity index (χ2v) is 4.65. The first-order chi connectivity index (χ1) is 10.3. The van der Waals surface area contributed by atoms with E-state index in [4.69, 9.17) is 4.74 Å². The van der Waals surface area contributed by atoms with Crippen LogP contribution in [-0.2, 0) is 16.1 Å². The van der Waals surface area contributed by atoms with Crippen LogP contribution in [0.4, 0.5) is 0 Å². The number of benzene rings is 2. The van der Waals surface area contributed by atoms with E-state index < -0.39 is 0 Å². The molecule has 0 amide bonds. The van der Waals surface area contributed by atoms with Crippen molar-refractivity contribution in [2.45, 2.75) is 12.5 Å². The highest BCUT2D eigenvalue weighted by Crippen LogP contribution is 2.16. The van der Waals surface area contributed by atoms with Gasteiger partial charge in [0.15, 0.2) is 5.88 Å². The second kappa shape index (κ2) is 7.90. The van der Waals surface area contributed by atoms with Gasteiger partial charge in [0.2, 0.25) is 0 Å². The first-order valence-electron chi connectivity index (χ1n) is 6.87. The molecule has 0 saturated carbocycles. The van der Waals surface area contributed by atoms with Crippen molar-refractivity contribution in [2.24, 2.45) is 0 Å². The van der Waals surface area contributed by atoms with Crippen LogP contribution in [0.5, 0.6) is 0 Å². The number of ether oxygens (including phenoxy) is 1. The predicted molar refractivity (Wildman–Crippen MR) is 83.6 cm³/mol. The minimum Gasteiger partial charge on any atom is -0.483 e. The monoisotopic (exact) mass is 281 g/mol. The van der Waals surface area contributed by atoms with Gasteiger partial charge in [-0.25, -0.2) is 0 Å². The van der Waals surface area contributed by atoms with Crippen LogP contribution in [0.3, 0.4) is 0 Å². The van der Waals surface area contributed by atoms with Crippen molar-refractivity contribution in [2.75, 3.05) is 7.11 Å². The van der Waals surface area contributed by atoms with Crippen LogP contribution in [0.15, 0.2) is 72.6 Å². The van der Waals surface area contributed by atoms with Crippen LogP contribution in [0.1, 0.15) is 17.0 Å². The summed E-state index contributed by atoms with van der Waals surface area (Å²) >= 11 is 0. The zero-order chi connectivity index (χ0) is 14.9. The summed E-state index contributed by atoms with van der Waals surface area (Å²) in [7, 11) is 1.59. The van der Waals surface area contributed by atoms with Crippen LogP contribution >= 0.6 is 0 Å². The van der Waals surface area contributed by atoms with Crippen LogP contribution in [0.2, 0.25) is 0 Å². The van der Waals surface area contributed by atoms with Crippen molar-refractivity contribution in [3.63, 3.8) is 0 Å². The number of carbonyl (C=O) groups excluding carboxylic acids is 1. The number of aldehydes is 1. The van der Waals surface area contributed by atoms with Crippen molar-refractivity contribution in [1.82, 2.24) is 5.32 Å². The lowest BCUT2D eigenvalue weighted by atomic mass is 10.0. The van der Waals surface area contributed by atoms with Crippen molar-refractivity contribution in [1.29, 1.82) is 0 Å². The van der Waals surface area contributed by atoms with Crippen LogP contribution in [0, 0.1) is 0 Å². The molecule has 1 N–H and O–H groups in total.